The molecule has 3 aromatic rings. The minimum absolute atomic E-state index is 0.178. The van der Waals surface area contributed by atoms with Crippen molar-refractivity contribution in [1.29, 1.82) is 0 Å². The second-order valence-corrected chi connectivity index (χ2v) is 8.83. The minimum Gasteiger partial charge on any atom is -0.497 e. The fourth-order valence-corrected chi connectivity index (χ4v) is 4.36. The molecule has 0 amide bonds. The number of aliphatic imine (C=N–C) groups is 1. The molecule has 162 valence electrons. The van der Waals surface area contributed by atoms with Crippen LogP contribution in [0.3, 0.4) is 0 Å². The summed E-state index contributed by atoms with van der Waals surface area (Å²) < 4.78 is 5.29. The molecule has 31 heavy (non-hydrogen) atoms. The number of methoxy groups -OCH3 is 1. The summed E-state index contributed by atoms with van der Waals surface area (Å²) in [4.78, 5) is 10.3. The Morgan fingerprint density at radius 3 is 2.68 bits per heavy atom. The van der Waals surface area contributed by atoms with Gasteiger partial charge in [0.05, 0.1) is 29.0 Å². The van der Waals surface area contributed by atoms with E-state index in [1.165, 1.54) is 11.3 Å². The highest BCUT2D eigenvalue weighted by Gasteiger charge is 2.28. The van der Waals surface area contributed by atoms with Crippen molar-refractivity contribution in [2.24, 2.45) is 10.7 Å². The van der Waals surface area contributed by atoms with E-state index in [9.17, 15) is 0 Å². The third kappa shape index (κ3) is 5.00. The quantitative estimate of drug-likeness (QED) is 0.411. The normalized spacial score (nSPS) is 15.8. The Balaban J connectivity index is 1.57. The number of nitrogens with zero attached hydrogens (tertiary/aromatic N) is 3. The molecule has 1 aliphatic heterocycles. The van der Waals surface area contributed by atoms with E-state index in [2.05, 4.69) is 58.5 Å². The van der Waals surface area contributed by atoms with Crippen LogP contribution in [0.25, 0.3) is 0 Å². The minimum atomic E-state index is 0.178. The average molecular weight is 436 g/mol. The molecule has 0 aliphatic carbocycles. The van der Waals surface area contributed by atoms with Gasteiger partial charge in [-0.05, 0) is 61.4 Å². The van der Waals surface area contributed by atoms with Gasteiger partial charge in [-0.2, -0.15) is 0 Å². The average Bonchev–Trinajstić information content (AvgIpc) is 3.41. The van der Waals surface area contributed by atoms with E-state index in [0.29, 0.717) is 5.84 Å². The first-order valence-corrected chi connectivity index (χ1v) is 11.2. The largest absolute Gasteiger partial charge is 0.497 e. The van der Waals surface area contributed by atoms with E-state index in [4.69, 9.17) is 10.5 Å². The van der Waals surface area contributed by atoms with E-state index in [1.807, 2.05) is 35.7 Å². The summed E-state index contributed by atoms with van der Waals surface area (Å²) in [6.07, 6.45) is 1.07. The van der Waals surface area contributed by atoms with Crippen LogP contribution in [-0.4, -0.2) is 51.2 Å². The third-order valence-electron chi connectivity index (χ3n) is 5.39. The number of fused-ring (bicyclic) bond motifs is 1. The number of ether oxygens (including phenoxy) is 1. The first-order chi connectivity index (χ1) is 15.0. The van der Waals surface area contributed by atoms with E-state index in [0.717, 1.165) is 41.5 Å². The summed E-state index contributed by atoms with van der Waals surface area (Å²) in [7, 11) is 5.90. The molecule has 3 N–H and O–H groups in total. The monoisotopic (exact) mass is 435 g/mol. The zero-order valence-corrected chi connectivity index (χ0v) is 19.0. The Labute approximate surface area is 188 Å². The highest BCUT2D eigenvalue weighted by atomic mass is 32.1. The summed E-state index contributed by atoms with van der Waals surface area (Å²) >= 11 is 1.60. The molecule has 0 radical (unpaired) electrons. The van der Waals surface area contributed by atoms with Crippen LogP contribution in [0.4, 0.5) is 17.1 Å². The van der Waals surface area contributed by atoms with Gasteiger partial charge in [-0.25, -0.2) is 4.99 Å². The Kier molecular flexibility index (Phi) is 6.44. The molecule has 4 rings (SSSR count). The number of nitrogens with one attached hydrogen (secondary N) is 1. The SMILES string of the molecule is COc1ccc(C[C@H]2Nc3cc(N=C(N)c4cccs4)ccc3N2CCN(C)C)cc1. The summed E-state index contributed by atoms with van der Waals surface area (Å²) in [5, 5.41) is 5.71. The highest BCUT2D eigenvalue weighted by molar-refractivity contribution is 7.12. The van der Waals surface area contributed by atoms with Gasteiger partial charge >= 0.3 is 0 Å². The van der Waals surface area contributed by atoms with Crippen LogP contribution >= 0.6 is 11.3 Å². The van der Waals surface area contributed by atoms with Crippen molar-refractivity contribution in [2.75, 3.05) is 44.5 Å². The lowest BCUT2D eigenvalue weighted by Gasteiger charge is -2.28. The van der Waals surface area contributed by atoms with Gasteiger partial charge in [-0.3, -0.25) is 0 Å². The second-order valence-electron chi connectivity index (χ2n) is 7.88. The number of rotatable bonds is 8. The Morgan fingerprint density at radius 1 is 1.19 bits per heavy atom. The van der Waals surface area contributed by atoms with Crippen LogP contribution < -0.4 is 20.7 Å². The molecule has 0 saturated carbocycles. The summed E-state index contributed by atoms with van der Waals surface area (Å²) in [6.45, 7) is 1.92. The van der Waals surface area contributed by atoms with Gasteiger partial charge in [0.1, 0.15) is 17.8 Å². The van der Waals surface area contributed by atoms with Crippen LogP contribution in [0, 0.1) is 0 Å². The molecule has 0 spiro atoms. The maximum Gasteiger partial charge on any atom is 0.141 e. The molecule has 2 aromatic carbocycles. The molecule has 0 bridgehead atoms. The van der Waals surface area contributed by atoms with Crippen molar-refractivity contribution >= 4 is 34.2 Å². The Morgan fingerprint density at radius 2 is 2.00 bits per heavy atom. The number of likely N-dealkylation sites (N-methyl/N-ethyl adjacent to an activating group) is 1. The molecule has 0 unspecified atom stereocenters. The van der Waals surface area contributed by atoms with Crippen molar-refractivity contribution in [3.63, 3.8) is 0 Å². The number of anilines is 2. The number of hydrogen-bond acceptors (Lipinski definition) is 6. The number of hydrogen-bond donors (Lipinski definition) is 2. The molecule has 0 fully saturated rings. The number of nitrogens with two attached hydrogens (primary N) is 1. The fraction of sp³-hybridized carbons (Fsp3) is 0.292. The number of benzene rings is 2. The van der Waals surface area contributed by atoms with Gasteiger partial charge in [-0.15, -0.1) is 11.3 Å². The van der Waals surface area contributed by atoms with Gasteiger partial charge in [-0.1, -0.05) is 18.2 Å². The maximum atomic E-state index is 6.19. The van der Waals surface area contributed by atoms with E-state index < -0.39 is 0 Å². The van der Waals surface area contributed by atoms with Crippen molar-refractivity contribution in [2.45, 2.75) is 12.6 Å². The van der Waals surface area contributed by atoms with E-state index in [-0.39, 0.29) is 6.17 Å². The lowest BCUT2D eigenvalue weighted by molar-refractivity contribution is 0.408. The molecule has 7 heteroatoms. The summed E-state index contributed by atoms with van der Waals surface area (Å²) in [6, 6.07) is 18.5. The Hall–Kier alpha value is -3.03. The molecular formula is C24H29N5OS. The van der Waals surface area contributed by atoms with Gasteiger partial charge in [0.15, 0.2) is 0 Å². The van der Waals surface area contributed by atoms with Gasteiger partial charge in [0.25, 0.3) is 0 Å². The summed E-state index contributed by atoms with van der Waals surface area (Å²) in [5.41, 5.74) is 10.6. The highest BCUT2D eigenvalue weighted by Crippen LogP contribution is 2.38. The molecular weight excluding hydrogens is 406 g/mol. The van der Waals surface area contributed by atoms with Crippen LogP contribution in [0.1, 0.15) is 10.4 Å². The van der Waals surface area contributed by atoms with E-state index >= 15 is 0 Å². The van der Waals surface area contributed by atoms with Crippen molar-refractivity contribution in [3.8, 4) is 5.75 Å². The molecule has 1 aliphatic rings. The molecule has 2 heterocycles. The first-order valence-electron chi connectivity index (χ1n) is 10.4. The van der Waals surface area contributed by atoms with E-state index in [1.54, 1.807) is 18.4 Å². The molecule has 6 nitrogen and oxygen atoms in total. The molecule has 1 aromatic heterocycles. The van der Waals surface area contributed by atoms with Gasteiger partial charge in [0, 0.05) is 19.5 Å². The van der Waals surface area contributed by atoms with Crippen LogP contribution in [0.5, 0.6) is 5.75 Å². The van der Waals surface area contributed by atoms with Crippen LogP contribution in [-0.2, 0) is 6.42 Å². The molecule has 0 saturated heterocycles. The fourth-order valence-electron chi connectivity index (χ4n) is 3.73. The third-order valence-corrected chi connectivity index (χ3v) is 6.28. The second kappa shape index (κ2) is 9.41. The van der Waals surface area contributed by atoms with Crippen molar-refractivity contribution in [1.82, 2.24) is 4.90 Å². The zero-order chi connectivity index (χ0) is 21.8. The van der Waals surface area contributed by atoms with Crippen molar-refractivity contribution < 1.29 is 4.74 Å². The lowest BCUT2D eigenvalue weighted by Crippen LogP contribution is -2.41. The number of thiophene rings is 1. The zero-order valence-electron chi connectivity index (χ0n) is 18.2. The van der Waals surface area contributed by atoms with Gasteiger partial charge in [0.2, 0.25) is 0 Å². The maximum absolute atomic E-state index is 6.19. The smallest absolute Gasteiger partial charge is 0.141 e. The molecule has 1 atom stereocenters. The van der Waals surface area contributed by atoms with Crippen LogP contribution in [0.2, 0.25) is 0 Å². The lowest BCUT2D eigenvalue weighted by atomic mass is 10.1. The van der Waals surface area contributed by atoms with Gasteiger partial charge < -0.3 is 25.6 Å². The predicted molar refractivity (Wildman–Crippen MR) is 131 cm³/mol. The first kappa shape index (κ1) is 21.2. The summed E-state index contributed by atoms with van der Waals surface area (Å²) in [5.74, 6) is 1.42. The van der Waals surface area contributed by atoms with Crippen LogP contribution in [0.15, 0.2) is 65.0 Å². The van der Waals surface area contributed by atoms with Crippen molar-refractivity contribution in [3.05, 3.63) is 70.4 Å². The standard InChI is InChI=1S/C24H29N5OS/c1-28(2)12-13-29-21-11-8-18(26-24(25)22-5-4-14-31-22)16-20(21)27-23(29)15-17-6-9-19(30-3)10-7-17/h4-11,14,16,23,27H,12-13,15H2,1-3H3,(H2,25,26)/t23-/m0/s1. The Bertz CT molecular complexity index is 1030. The topological polar surface area (TPSA) is 66.1 Å². The number of amidine groups is 1. The predicted octanol–water partition coefficient (Wildman–Crippen LogP) is 4.16.